The van der Waals surface area contributed by atoms with E-state index in [9.17, 15) is 4.39 Å². The molecule has 90 valence electrons. The predicted molar refractivity (Wildman–Crippen MR) is 69.8 cm³/mol. The highest BCUT2D eigenvalue weighted by Gasteiger charge is 2.10. The quantitative estimate of drug-likeness (QED) is 0.907. The van der Waals surface area contributed by atoms with Crippen LogP contribution < -0.4 is 5.73 Å². The minimum atomic E-state index is -0.193. The van der Waals surface area contributed by atoms with E-state index in [-0.39, 0.29) is 5.82 Å². The van der Waals surface area contributed by atoms with E-state index in [2.05, 4.69) is 11.9 Å². The van der Waals surface area contributed by atoms with E-state index in [1.165, 1.54) is 17.4 Å². The molecule has 0 atom stereocenters. The van der Waals surface area contributed by atoms with Gasteiger partial charge in [-0.25, -0.2) is 9.37 Å². The van der Waals surface area contributed by atoms with Crippen LogP contribution >= 0.6 is 11.3 Å². The molecular formula is C13H15FN2S. The van der Waals surface area contributed by atoms with Gasteiger partial charge < -0.3 is 5.73 Å². The number of nitrogens with two attached hydrogens (primary N) is 1. The Morgan fingerprint density at radius 1 is 1.41 bits per heavy atom. The van der Waals surface area contributed by atoms with E-state index in [1.54, 1.807) is 12.1 Å². The largest absolute Gasteiger partial charge is 0.375 e. The van der Waals surface area contributed by atoms with Crippen molar-refractivity contribution in [1.29, 1.82) is 0 Å². The van der Waals surface area contributed by atoms with Crippen LogP contribution in [0.1, 0.15) is 28.6 Å². The molecule has 0 aliphatic carbocycles. The SMILES string of the molecule is CCc1nc(N)sc1Cc1cc(F)ccc1C. The lowest BCUT2D eigenvalue weighted by Gasteiger charge is -2.05. The Morgan fingerprint density at radius 3 is 2.88 bits per heavy atom. The number of thiazole rings is 1. The van der Waals surface area contributed by atoms with E-state index in [1.807, 2.05) is 6.92 Å². The van der Waals surface area contributed by atoms with Crippen LogP contribution in [0.3, 0.4) is 0 Å². The molecule has 0 radical (unpaired) electrons. The highest BCUT2D eigenvalue weighted by atomic mass is 32.1. The summed E-state index contributed by atoms with van der Waals surface area (Å²) < 4.78 is 13.2. The van der Waals surface area contributed by atoms with E-state index in [0.717, 1.165) is 28.1 Å². The van der Waals surface area contributed by atoms with Crippen LogP contribution in [0.2, 0.25) is 0 Å². The Hall–Kier alpha value is -1.42. The fraction of sp³-hybridized carbons (Fsp3) is 0.308. The average Bonchev–Trinajstić information content (AvgIpc) is 2.64. The summed E-state index contributed by atoms with van der Waals surface area (Å²) in [6.45, 7) is 4.04. The molecule has 0 fully saturated rings. The number of hydrogen-bond acceptors (Lipinski definition) is 3. The third kappa shape index (κ3) is 2.64. The lowest BCUT2D eigenvalue weighted by Crippen LogP contribution is -1.94. The van der Waals surface area contributed by atoms with Crippen molar-refractivity contribution in [2.75, 3.05) is 5.73 Å². The summed E-state index contributed by atoms with van der Waals surface area (Å²) >= 11 is 1.49. The molecule has 0 unspecified atom stereocenters. The molecule has 4 heteroatoms. The van der Waals surface area contributed by atoms with E-state index >= 15 is 0 Å². The monoisotopic (exact) mass is 250 g/mol. The van der Waals surface area contributed by atoms with Crippen molar-refractivity contribution in [3.05, 3.63) is 45.7 Å². The molecule has 2 rings (SSSR count). The van der Waals surface area contributed by atoms with Gasteiger partial charge in [0, 0.05) is 11.3 Å². The van der Waals surface area contributed by atoms with Gasteiger partial charge in [-0.3, -0.25) is 0 Å². The van der Waals surface area contributed by atoms with Gasteiger partial charge in [-0.1, -0.05) is 13.0 Å². The number of benzene rings is 1. The second-order valence-electron chi connectivity index (χ2n) is 4.02. The fourth-order valence-electron chi connectivity index (χ4n) is 1.82. The summed E-state index contributed by atoms with van der Waals surface area (Å²) in [6.07, 6.45) is 1.57. The molecule has 0 aliphatic rings. The van der Waals surface area contributed by atoms with E-state index < -0.39 is 0 Å². The van der Waals surface area contributed by atoms with Crippen LogP contribution in [-0.2, 0) is 12.8 Å². The van der Waals surface area contributed by atoms with Gasteiger partial charge in [0.2, 0.25) is 0 Å². The van der Waals surface area contributed by atoms with Crippen molar-refractivity contribution in [2.45, 2.75) is 26.7 Å². The average molecular weight is 250 g/mol. The number of rotatable bonds is 3. The summed E-state index contributed by atoms with van der Waals surface area (Å²) in [6, 6.07) is 4.88. The Labute approximate surface area is 104 Å². The molecule has 0 aliphatic heterocycles. The van der Waals surface area contributed by atoms with Crippen LogP contribution in [0, 0.1) is 12.7 Å². The number of halogens is 1. The lowest BCUT2D eigenvalue weighted by molar-refractivity contribution is 0.625. The van der Waals surface area contributed by atoms with Crippen LogP contribution in [0.5, 0.6) is 0 Å². The van der Waals surface area contributed by atoms with Gasteiger partial charge in [-0.05, 0) is 36.6 Å². The van der Waals surface area contributed by atoms with E-state index in [0.29, 0.717) is 11.6 Å². The topological polar surface area (TPSA) is 38.9 Å². The molecule has 2 nitrogen and oxygen atoms in total. The number of nitrogen functional groups attached to an aromatic ring is 1. The van der Waals surface area contributed by atoms with Gasteiger partial charge in [-0.2, -0.15) is 0 Å². The Kier molecular flexibility index (Phi) is 3.43. The molecule has 17 heavy (non-hydrogen) atoms. The second kappa shape index (κ2) is 4.84. The molecule has 2 aromatic rings. The molecule has 1 heterocycles. The highest BCUT2D eigenvalue weighted by molar-refractivity contribution is 7.15. The standard InChI is InChI=1S/C13H15FN2S/c1-3-11-12(17-13(15)16-11)7-9-6-10(14)5-4-8(9)2/h4-6H,3,7H2,1-2H3,(H2,15,16). The molecule has 0 bridgehead atoms. The maximum Gasteiger partial charge on any atom is 0.180 e. The Morgan fingerprint density at radius 2 is 2.18 bits per heavy atom. The number of hydrogen-bond donors (Lipinski definition) is 1. The lowest BCUT2D eigenvalue weighted by atomic mass is 10.0. The summed E-state index contributed by atoms with van der Waals surface area (Å²) in [5.74, 6) is -0.193. The maximum absolute atomic E-state index is 13.2. The Balaban J connectivity index is 2.33. The second-order valence-corrected chi connectivity index (χ2v) is 5.14. The van der Waals surface area contributed by atoms with Crippen molar-refractivity contribution in [2.24, 2.45) is 0 Å². The Bertz CT molecular complexity index is 534. The molecular weight excluding hydrogens is 235 g/mol. The first-order chi connectivity index (χ1) is 8.10. The van der Waals surface area contributed by atoms with Gasteiger partial charge in [0.15, 0.2) is 5.13 Å². The molecule has 0 spiro atoms. The van der Waals surface area contributed by atoms with Gasteiger partial charge in [0.05, 0.1) is 5.69 Å². The van der Waals surface area contributed by atoms with Crippen molar-refractivity contribution in [3.8, 4) is 0 Å². The van der Waals surface area contributed by atoms with Crippen LogP contribution in [0.25, 0.3) is 0 Å². The minimum Gasteiger partial charge on any atom is -0.375 e. The summed E-state index contributed by atoms with van der Waals surface area (Å²) in [5.41, 5.74) is 8.83. The first-order valence-electron chi connectivity index (χ1n) is 5.59. The number of anilines is 1. The van der Waals surface area contributed by atoms with Gasteiger partial charge >= 0.3 is 0 Å². The summed E-state index contributed by atoms with van der Waals surface area (Å²) in [7, 11) is 0. The zero-order valence-electron chi connectivity index (χ0n) is 9.96. The molecule has 0 amide bonds. The molecule has 1 aromatic carbocycles. The van der Waals surface area contributed by atoms with Crippen LogP contribution in [0.15, 0.2) is 18.2 Å². The van der Waals surface area contributed by atoms with Crippen molar-refractivity contribution in [3.63, 3.8) is 0 Å². The first-order valence-corrected chi connectivity index (χ1v) is 6.41. The fourth-order valence-corrected chi connectivity index (χ4v) is 2.76. The van der Waals surface area contributed by atoms with Gasteiger partial charge in [0.1, 0.15) is 5.82 Å². The van der Waals surface area contributed by atoms with E-state index in [4.69, 9.17) is 5.73 Å². The third-order valence-corrected chi connectivity index (χ3v) is 3.72. The smallest absolute Gasteiger partial charge is 0.180 e. The number of nitrogens with zero attached hydrogens (tertiary/aromatic N) is 1. The summed E-state index contributed by atoms with van der Waals surface area (Å²) in [5, 5.41) is 0.589. The normalized spacial score (nSPS) is 10.8. The third-order valence-electron chi connectivity index (χ3n) is 2.79. The van der Waals surface area contributed by atoms with Crippen molar-refractivity contribution < 1.29 is 4.39 Å². The molecule has 2 N–H and O–H groups in total. The highest BCUT2D eigenvalue weighted by Crippen LogP contribution is 2.25. The first kappa shape index (κ1) is 12.0. The maximum atomic E-state index is 13.2. The van der Waals surface area contributed by atoms with Crippen LogP contribution in [-0.4, -0.2) is 4.98 Å². The van der Waals surface area contributed by atoms with Crippen molar-refractivity contribution >= 4 is 16.5 Å². The van der Waals surface area contributed by atoms with Gasteiger partial charge in [0.25, 0.3) is 0 Å². The predicted octanol–water partition coefficient (Wildman–Crippen LogP) is 3.33. The van der Waals surface area contributed by atoms with Gasteiger partial charge in [-0.15, -0.1) is 11.3 Å². The van der Waals surface area contributed by atoms with Crippen molar-refractivity contribution in [1.82, 2.24) is 4.98 Å². The summed E-state index contributed by atoms with van der Waals surface area (Å²) in [4.78, 5) is 5.42. The zero-order valence-corrected chi connectivity index (χ0v) is 10.8. The zero-order chi connectivity index (χ0) is 12.4. The number of aryl methyl sites for hydroxylation is 2. The number of aromatic nitrogens is 1. The minimum absolute atomic E-state index is 0.193. The molecule has 0 saturated carbocycles. The molecule has 1 aromatic heterocycles. The van der Waals surface area contributed by atoms with Crippen LogP contribution in [0.4, 0.5) is 9.52 Å². The molecule has 0 saturated heterocycles.